The van der Waals surface area contributed by atoms with Crippen LogP contribution in [0.25, 0.3) is 0 Å². The van der Waals surface area contributed by atoms with Crippen LogP contribution in [0.15, 0.2) is 18.2 Å². The topological polar surface area (TPSA) is 67.2 Å². The predicted molar refractivity (Wildman–Crippen MR) is 56.7 cm³/mol. The number of rotatable bonds is 2. The number of nitrogens with zero attached hydrogens (tertiary/aromatic N) is 1. The Morgan fingerprint density at radius 2 is 2.25 bits per heavy atom. The van der Waals surface area contributed by atoms with E-state index in [0.717, 1.165) is 19.2 Å². The first-order valence-corrected chi connectivity index (χ1v) is 5.06. The fraction of sp³-hybridized carbons (Fsp3) is 0.400. The second-order valence-electron chi connectivity index (χ2n) is 3.67. The van der Waals surface area contributed by atoms with E-state index in [4.69, 9.17) is 0 Å². The minimum Gasteiger partial charge on any atom is -0.314 e. The summed E-state index contributed by atoms with van der Waals surface area (Å²) in [5, 5.41) is 16.8. The molecule has 1 aliphatic rings. The molecule has 2 N–H and O–H groups in total. The molecule has 1 atom stereocenters. The van der Waals surface area contributed by atoms with Gasteiger partial charge in [-0.05, 0) is 6.07 Å². The summed E-state index contributed by atoms with van der Waals surface area (Å²) >= 11 is 0. The van der Waals surface area contributed by atoms with Crippen molar-refractivity contribution >= 4 is 5.69 Å². The van der Waals surface area contributed by atoms with Gasteiger partial charge in [0.2, 0.25) is 0 Å². The highest BCUT2D eigenvalue weighted by Gasteiger charge is 2.20. The Morgan fingerprint density at radius 3 is 2.88 bits per heavy atom. The van der Waals surface area contributed by atoms with Crippen molar-refractivity contribution in [2.45, 2.75) is 6.04 Å². The van der Waals surface area contributed by atoms with Gasteiger partial charge < -0.3 is 10.6 Å². The molecular weight excluding hydrogens is 213 g/mol. The smallest absolute Gasteiger partial charge is 0.269 e. The molecule has 1 aromatic carbocycles. The van der Waals surface area contributed by atoms with E-state index in [2.05, 4.69) is 10.6 Å². The molecule has 0 saturated carbocycles. The lowest BCUT2D eigenvalue weighted by Crippen LogP contribution is -2.42. The van der Waals surface area contributed by atoms with Crippen LogP contribution in [0.2, 0.25) is 0 Å². The SMILES string of the molecule is O=[N+]([O-])c1ccc(F)c([C@H]2CNCCN2)c1. The van der Waals surface area contributed by atoms with Crippen molar-refractivity contribution in [2.75, 3.05) is 19.6 Å². The van der Waals surface area contributed by atoms with E-state index < -0.39 is 10.7 Å². The molecule has 0 spiro atoms. The number of nitrogens with one attached hydrogen (secondary N) is 2. The summed E-state index contributed by atoms with van der Waals surface area (Å²) in [6.45, 7) is 2.14. The van der Waals surface area contributed by atoms with Crippen LogP contribution in [-0.4, -0.2) is 24.6 Å². The second kappa shape index (κ2) is 4.54. The summed E-state index contributed by atoms with van der Waals surface area (Å²) in [6.07, 6.45) is 0. The van der Waals surface area contributed by atoms with Gasteiger partial charge >= 0.3 is 0 Å². The van der Waals surface area contributed by atoms with Gasteiger partial charge in [0.05, 0.1) is 4.92 Å². The van der Waals surface area contributed by atoms with Gasteiger partial charge in [-0.15, -0.1) is 0 Å². The number of halogens is 1. The minimum absolute atomic E-state index is 0.0798. The van der Waals surface area contributed by atoms with Crippen LogP contribution in [0.3, 0.4) is 0 Å². The summed E-state index contributed by atoms with van der Waals surface area (Å²) in [6, 6.07) is 3.41. The maximum absolute atomic E-state index is 13.5. The van der Waals surface area contributed by atoms with E-state index in [0.29, 0.717) is 12.1 Å². The molecule has 0 unspecified atom stereocenters. The Bertz CT molecular complexity index is 405. The van der Waals surface area contributed by atoms with Crippen LogP contribution in [0.1, 0.15) is 11.6 Å². The molecule has 86 valence electrons. The zero-order chi connectivity index (χ0) is 11.5. The third-order valence-corrected chi connectivity index (χ3v) is 2.61. The second-order valence-corrected chi connectivity index (χ2v) is 3.67. The number of non-ortho nitro benzene ring substituents is 1. The maximum Gasteiger partial charge on any atom is 0.269 e. The molecular formula is C10H12FN3O2. The van der Waals surface area contributed by atoms with Crippen LogP contribution in [0, 0.1) is 15.9 Å². The third-order valence-electron chi connectivity index (χ3n) is 2.61. The summed E-state index contributed by atoms with van der Waals surface area (Å²) in [7, 11) is 0. The minimum atomic E-state index is -0.515. The van der Waals surface area contributed by atoms with E-state index in [1.54, 1.807) is 0 Å². The van der Waals surface area contributed by atoms with Crippen LogP contribution in [0.4, 0.5) is 10.1 Å². The van der Waals surface area contributed by atoms with Crippen LogP contribution in [0.5, 0.6) is 0 Å². The quantitative estimate of drug-likeness (QED) is 0.581. The van der Waals surface area contributed by atoms with Crippen LogP contribution < -0.4 is 10.6 Å². The standard InChI is InChI=1S/C10H12FN3O2/c11-9-2-1-7(14(15)16)5-8(9)10-6-12-3-4-13-10/h1-2,5,10,12-13H,3-4,6H2/t10-/m1/s1. The zero-order valence-corrected chi connectivity index (χ0v) is 8.57. The van der Waals surface area contributed by atoms with Crippen molar-refractivity contribution in [1.82, 2.24) is 10.6 Å². The molecule has 1 fully saturated rings. The summed E-state index contributed by atoms with van der Waals surface area (Å²) in [4.78, 5) is 10.1. The first-order valence-electron chi connectivity index (χ1n) is 5.06. The van der Waals surface area contributed by atoms with Gasteiger partial charge in [-0.2, -0.15) is 0 Å². The Kier molecular flexibility index (Phi) is 3.12. The van der Waals surface area contributed by atoms with Gasteiger partial charge in [0, 0.05) is 43.4 Å². The first kappa shape index (κ1) is 11.0. The molecule has 16 heavy (non-hydrogen) atoms. The number of benzene rings is 1. The van der Waals surface area contributed by atoms with E-state index in [9.17, 15) is 14.5 Å². The number of hydrogen-bond donors (Lipinski definition) is 2. The molecule has 1 saturated heterocycles. The molecule has 0 amide bonds. The predicted octanol–water partition coefficient (Wildman–Crippen LogP) is 0.968. The number of nitro groups is 1. The van der Waals surface area contributed by atoms with Gasteiger partial charge in [0.25, 0.3) is 5.69 Å². The normalized spacial score (nSPS) is 20.7. The Labute approximate surface area is 91.8 Å². The molecule has 5 nitrogen and oxygen atoms in total. The lowest BCUT2D eigenvalue weighted by molar-refractivity contribution is -0.385. The average molecular weight is 225 g/mol. The van der Waals surface area contributed by atoms with E-state index in [-0.39, 0.29) is 11.7 Å². The maximum atomic E-state index is 13.5. The van der Waals surface area contributed by atoms with Gasteiger partial charge in [-0.1, -0.05) is 0 Å². The van der Waals surface area contributed by atoms with Crippen molar-refractivity contribution < 1.29 is 9.31 Å². The van der Waals surface area contributed by atoms with Gasteiger partial charge in [0.1, 0.15) is 5.82 Å². The van der Waals surface area contributed by atoms with Crippen molar-refractivity contribution in [3.8, 4) is 0 Å². The molecule has 0 bridgehead atoms. The highest BCUT2D eigenvalue weighted by atomic mass is 19.1. The zero-order valence-electron chi connectivity index (χ0n) is 8.57. The third kappa shape index (κ3) is 2.17. The highest BCUT2D eigenvalue weighted by Crippen LogP contribution is 2.23. The molecule has 2 rings (SSSR count). The van der Waals surface area contributed by atoms with Gasteiger partial charge in [0.15, 0.2) is 0 Å². The van der Waals surface area contributed by atoms with Crippen LogP contribution >= 0.6 is 0 Å². The van der Waals surface area contributed by atoms with Gasteiger partial charge in [-0.25, -0.2) is 4.39 Å². The molecule has 1 aromatic rings. The summed E-state index contributed by atoms with van der Waals surface area (Å²) in [5.74, 6) is -0.410. The Hall–Kier alpha value is -1.53. The fourth-order valence-electron chi connectivity index (χ4n) is 1.79. The van der Waals surface area contributed by atoms with E-state index in [1.807, 2.05) is 0 Å². The summed E-state index contributed by atoms with van der Waals surface area (Å²) < 4.78 is 13.5. The molecule has 1 aliphatic heterocycles. The fourth-order valence-corrected chi connectivity index (χ4v) is 1.79. The van der Waals surface area contributed by atoms with Crippen molar-refractivity contribution in [3.05, 3.63) is 39.7 Å². The Morgan fingerprint density at radius 1 is 1.44 bits per heavy atom. The number of nitro benzene ring substituents is 1. The molecule has 0 aromatic heterocycles. The van der Waals surface area contributed by atoms with Crippen molar-refractivity contribution in [2.24, 2.45) is 0 Å². The van der Waals surface area contributed by atoms with E-state index in [1.165, 1.54) is 12.1 Å². The molecule has 6 heteroatoms. The monoisotopic (exact) mass is 225 g/mol. The molecule has 1 heterocycles. The van der Waals surface area contributed by atoms with Crippen molar-refractivity contribution in [3.63, 3.8) is 0 Å². The lowest BCUT2D eigenvalue weighted by atomic mass is 10.0. The summed E-state index contributed by atoms with van der Waals surface area (Å²) in [5.41, 5.74) is 0.269. The van der Waals surface area contributed by atoms with Crippen LogP contribution in [-0.2, 0) is 0 Å². The lowest BCUT2D eigenvalue weighted by Gasteiger charge is -2.24. The first-order chi connectivity index (χ1) is 7.68. The molecule has 0 aliphatic carbocycles. The Balaban J connectivity index is 2.30. The number of hydrogen-bond acceptors (Lipinski definition) is 4. The largest absolute Gasteiger partial charge is 0.314 e. The number of piperazine rings is 1. The molecule has 0 radical (unpaired) electrons. The van der Waals surface area contributed by atoms with Gasteiger partial charge in [-0.3, -0.25) is 10.1 Å². The highest BCUT2D eigenvalue weighted by molar-refractivity contribution is 5.37. The van der Waals surface area contributed by atoms with E-state index >= 15 is 0 Å². The average Bonchev–Trinajstić information content (AvgIpc) is 2.30. The van der Waals surface area contributed by atoms with Crippen molar-refractivity contribution in [1.29, 1.82) is 0 Å².